The molecule has 100 valence electrons. The molecule has 2 heterocycles. The zero-order valence-corrected chi connectivity index (χ0v) is 11.7. The van der Waals surface area contributed by atoms with E-state index in [1.165, 1.54) is 6.42 Å². The average molecular weight is 248 g/mol. The highest BCUT2D eigenvalue weighted by Crippen LogP contribution is 2.21. The van der Waals surface area contributed by atoms with Gasteiger partial charge in [-0.05, 0) is 44.8 Å². The van der Waals surface area contributed by atoms with E-state index in [9.17, 15) is 0 Å². The van der Waals surface area contributed by atoms with Crippen molar-refractivity contribution in [3.63, 3.8) is 0 Å². The van der Waals surface area contributed by atoms with Crippen molar-refractivity contribution in [1.29, 1.82) is 0 Å². The topological polar surface area (TPSA) is 41.1 Å². The summed E-state index contributed by atoms with van der Waals surface area (Å²) in [5, 5.41) is 3.26. The van der Waals surface area contributed by atoms with Crippen molar-refractivity contribution in [2.24, 2.45) is 5.92 Å². The summed E-state index contributed by atoms with van der Waals surface area (Å²) in [6.45, 7) is 7.56. The Morgan fingerprint density at radius 1 is 1.28 bits per heavy atom. The van der Waals surface area contributed by atoms with Crippen LogP contribution in [0, 0.1) is 5.92 Å². The van der Waals surface area contributed by atoms with Gasteiger partial charge in [0, 0.05) is 24.5 Å². The third-order valence-corrected chi connectivity index (χ3v) is 3.61. The van der Waals surface area contributed by atoms with E-state index in [0.717, 1.165) is 55.7 Å². The van der Waals surface area contributed by atoms with Gasteiger partial charge in [0.25, 0.3) is 0 Å². The highest BCUT2D eigenvalue weighted by atomic mass is 15.3. The maximum Gasteiger partial charge on any atom is 0.225 e. The Balaban J connectivity index is 2.13. The lowest BCUT2D eigenvalue weighted by atomic mass is 10.1. The van der Waals surface area contributed by atoms with Gasteiger partial charge in [-0.3, -0.25) is 0 Å². The number of hydrogen-bond donors (Lipinski definition) is 1. The summed E-state index contributed by atoms with van der Waals surface area (Å²) in [4.78, 5) is 11.7. The molecule has 1 saturated heterocycles. The van der Waals surface area contributed by atoms with Crippen LogP contribution in [-0.4, -0.2) is 36.6 Å². The van der Waals surface area contributed by atoms with E-state index in [1.54, 1.807) is 0 Å². The molecule has 0 saturated carbocycles. The number of anilines is 1. The molecule has 1 atom stereocenters. The first kappa shape index (κ1) is 13.3. The molecule has 2 rings (SSSR count). The molecular formula is C14H24N4. The number of nitrogens with one attached hydrogen (secondary N) is 1. The van der Waals surface area contributed by atoms with E-state index in [1.807, 2.05) is 7.05 Å². The van der Waals surface area contributed by atoms with Gasteiger partial charge in [0.05, 0.1) is 0 Å². The first-order valence-corrected chi connectivity index (χ1v) is 7.03. The molecule has 0 aromatic carbocycles. The number of rotatable bonds is 5. The van der Waals surface area contributed by atoms with Crippen molar-refractivity contribution in [2.45, 2.75) is 33.1 Å². The van der Waals surface area contributed by atoms with Crippen LogP contribution in [0.15, 0.2) is 6.07 Å². The lowest BCUT2D eigenvalue weighted by Gasteiger charge is -2.18. The summed E-state index contributed by atoms with van der Waals surface area (Å²) < 4.78 is 0. The van der Waals surface area contributed by atoms with Gasteiger partial charge in [-0.1, -0.05) is 13.8 Å². The second kappa shape index (κ2) is 6.14. The summed E-state index contributed by atoms with van der Waals surface area (Å²) in [6.07, 6.45) is 3.20. The van der Waals surface area contributed by atoms with E-state index in [2.05, 4.69) is 40.1 Å². The van der Waals surface area contributed by atoms with Crippen molar-refractivity contribution >= 4 is 5.95 Å². The molecule has 0 radical (unpaired) electrons. The molecule has 4 heteroatoms. The van der Waals surface area contributed by atoms with Crippen LogP contribution in [0.3, 0.4) is 0 Å². The molecular weight excluding hydrogens is 224 g/mol. The molecule has 1 fully saturated rings. The van der Waals surface area contributed by atoms with E-state index >= 15 is 0 Å². The van der Waals surface area contributed by atoms with Crippen LogP contribution in [0.25, 0.3) is 0 Å². The molecule has 4 nitrogen and oxygen atoms in total. The summed E-state index contributed by atoms with van der Waals surface area (Å²) >= 11 is 0. The van der Waals surface area contributed by atoms with E-state index in [4.69, 9.17) is 0 Å². The molecule has 0 aliphatic carbocycles. The Hall–Kier alpha value is -1.16. The second-order valence-corrected chi connectivity index (χ2v) is 5.02. The molecule has 0 bridgehead atoms. The van der Waals surface area contributed by atoms with E-state index in [-0.39, 0.29) is 0 Å². The smallest absolute Gasteiger partial charge is 0.225 e. The van der Waals surface area contributed by atoms with Gasteiger partial charge in [0.2, 0.25) is 5.95 Å². The number of hydrogen-bond acceptors (Lipinski definition) is 4. The Labute approximate surface area is 110 Å². The largest absolute Gasteiger partial charge is 0.340 e. The molecule has 1 N–H and O–H groups in total. The van der Waals surface area contributed by atoms with Gasteiger partial charge in [-0.25, -0.2) is 9.97 Å². The predicted molar refractivity (Wildman–Crippen MR) is 75.0 cm³/mol. The number of aromatic nitrogens is 2. The zero-order chi connectivity index (χ0) is 13.0. The third-order valence-electron chi connectivity index (χ3n) is 3.61. The Bertz CT molecular complexity index is 369. The highest BCUT2D eigenvalue weighted by Gasteiger charge is 2.24. The van der Waals surface area contributed by atoms with Crippen molar-refractivity contribution in [1.82, 2.24) is 15.3 Å². The number of aryl methyl sites for hydroxylation is 2. The summed E-state index contributed by atoms with van der Waals surface area (Å²) in [7, 11) is 2.02. The van der Waals surface area contributed by atoms with Crippen LogP contribution in [0.5, 0.6) is 0 Å². The van der Waals surface area contributed by atoms with Gasteiger partial charge in [-0.15, -0.1) is 0 Å². The minimum absolute atomic E-state index is 0.731. The van der Waals surface area contributed by atoms with Gasteiger partial charge >= 0.3 is 0 Å². The third kappa shape index (κ3) is 2.99. The van der Waals surface area contributed by atoms with Crippen LogP contribution in [-0.2, 0) is 12.8 Å². The van der Waals surface area contributed by atoms with Crippen molar-refractivity contribution in [2.75, 3.05) is 31.6 Å². The lowest BCUT2D eigenvalue weighted by Crippen LogP contribution is -2.26. The fourth-order valence-electron chi connectivity index (χ4n) is 2.51. The van der Waals surface area contributed by atoms with E-state index < -0.39 is 0 Å². The highest BCUT2D eigenvalue weighted by molar-refractivity contribution is 5.34. The number of nitrogens with zero attached hydrogens (tertiary/aromatic N) is 3. The Morgan fingerprint density at radius 2 is 1.94 bits per heavy atom. The zero-order valence-electron chi connectivity index (χ0n) is 11.7. The van der Waals surface area contributed by atoms with Crippen molar-refractivity contribution < 1.29 is 0 Å². The predicted octanol–water partition coefficient (Wildman–Crippen LogP) is 1.65. The molecule has 1 aromatic rings. The normalized spacial score (nSPS) is 19.5. The molecule has 1 unspecified atom stereocenters. The van der Waals surface area contributed by atoms with Crippen molar-refractivity contribution in [3.05, 3.63) is 17.5 Å². The van der Waals surface area contributed by atoms with Crippen LogP contribution in [0.1, 0.15) is 31.7 Å². The summed E-state index contributed by atoms with van der Waals surface area (Å²) in [6, 6.07) is 2.13. The maximum absolute atomic E-state index is 4.67. The molecule has 0 spiro atoms. The van der Waals surface area contributed by atoms with Crippen LogP contribution in [0.4, 0.5) is 5.95 Å². The Morgan fingerprint density at radius 3 is 2.50 bits per heavy atom. The fourth-order valence-corrected chi connectivity index (χ4v) is 2.51. The molecule has 18 heavy (non-hydrogen) atoms. The van der Waals surface area contributed by atoms with E-state index in [0.29, 0.717) is 0 Å². The van der Waals surface area contributed by atoms with Gasteiger partial charge in [0.15, 0.2) is 0 Å². The molecule has 1 aromatic heterocycles. The summed E-state index contributed by atoms with van der Waals surface area (Å²) in [5.74, 6) is 1.67. The SMILES string of the molecule is CCc1cc(CC)nc(N2CCC(CNC)C2)n1. The molecule has 0 amide bonds. The van der Waals surface area contributed by atoms with Crippen LogP contribution >= 0.6 is 0 Å². The van der Waals surface area contributed by atoms with Gasteiger partial charge in [-0.2, -0.15) is 0 Å². The van der Waals surface area contributed by atoms with Crippen LogP contribution in [0.2, 0.25) is 0 Å². The van der Waals surface area contributed by atoms with Crippen molar-refractivity contribution in [3.8, 4) is 0 Å². The summed E-state index contributed by atoms with van der Waals surface area (Å²) in [5.41, 5.74) is 2.32. The first-order valence-electron chi connectivity index (χ1n) is 7.03. The Kier molecular flexibility index (Phi) is 4.53. The second-order valence-electron chi connectivity index (χ2n) is 5.02. The van der Waals surface area contributed by atoms with Crippen LogP contribution < -0.4 is 10.2 Å². The lowest BCUT2D eigenvalue weighted by molar-refractivity contribution is 0.548. The quantitative estimate of drug-likeness (QED) is 0.860. The molecule has 1 aliphatic heterocycles. The minimum atomic E-state index is 0.731. The monoisotopic (exact) mass is 248 g/mol. The molecule has 1 aliphatic rings. The maximum atomic E-state index is 4.67. The minimum Gasteiger partial charge on any atom is -0.340 e. The standard InChI is InChI=1S/C14H24N4/c1-4-12-8-13(5-2)17-14(16-12)18-7-6-11(10-18)9-15-3/h8,11,15H,4-7,9-10H2,1-3H3. The first-order chi connectivity index (χ1) is 8.76. The average Bonchev–Trinajstić information content (AvgIpc) is 2.87. The van der Waals surface area contributed by atoms with Gasteiger partial charge < -0.3 is 10.2 Å². The van der Waals surface area contributed by atoms with Gasteiger partial charge in [0.1, 0.15) is 0 Å². The fraction of sp³-hybridized carbons (Fsp3) is 0.714.